The highest BCUT2D eigenvalue weighted by Crippen LogP contribution is 2.17. The molecule has 0 saturated carbocycles. The van der Waals surface area contributed by atoms with Gasteiger partial charge in [0.2, 0.25) is 5.91 Å². The zero-order valence-corrected chi connectivity index (χ0v) is 8.42. The second kappa shape index (κ2) is 4.47. The molecule has 2 rings (SSSR count). The first-order valence-electron chi connectivity index (χ1n) is 4.52. The monoisotopic (exact) mass is 213 g/mol. The van der Waals surface area contributed by atoms with E-state index in [1.54, 1.807) is 6.20 Å². The Labute approximate surface area is 85.6 Å². The first kappa shape index (κ1) is 9.54. The molecule has 1 N–H and O–H groups in total. The van der Waals surface area contributed by atoms with Crippen LogP contribution >= 0.6 is 11.5 Å². The van der Waals surface area contributed by atoms with Gasteiger partial charge < -0.3 is 10.1 Å². The van der Waals surface area contributed by atoms with Gasteiger partial charge in [0.05, 0.1) is 18.7 Å². The number of aromatic nitrogens is 2. The standard InChI is InChI=1S/C8H11N3O2S/c12-8(6-2-1-3-13-5-6)10-7-4-9-11-14-7/h4,6H,1-3,5H2,(H,10,12). The van der Waals surface area contributed by atoms with Crippen molar-refractivity contribution in [2.24, 2.45) is 5.92 Å². The molecular formula is C8H11N3O2S. The number of nitrogens with one attached hydrogen (secondary N) is 1. The SMILES string of the molecule is O=C(Nc1cnns1)C1CCCOC1. The molecule has 14 heavy (non-hydrogen) atoms. The molecule has 1 atom stereocenters. The van der Waals surface area contributed by atoms with Crippen LogP contribution in [0.5, 0.6) is 0 Å². The van der Waals surface area contributed by atoms with Gasteiger partial charge in [0.25, 0.3) is 0 Å². The lowest BCUT2D eigenvalue weighted by molar-refractivity contribution is -0.123. The van der Waals surface area contributed by atoms with Crippen molar-refractivity contribution in [3.8, 4) is 0 Å². The van der Waals surface area contributed by atoms with Gasteiger partial charge in [-0.1, -0.05) is 4.49 Å². The van der Waals surface area contributed by atoms with Crippen molar-refractivity contribution >= 4 is 22.4 Å². The van der Waals surface area contributed by atoms with Gasteiger partial charge in [0, 0.05) is 18.1 Å². The molecule has 1 aromatic rings. The minimum atomic E-state index is -0.0224. The zero-order valence-electron chi connectivity index (χ0n) is 7.60. The Bertz CT molecular complexity index is 296. The number of nitrogens with zero attached hydrogens (tertiary/aromatic N) is 2. The molecule has 0 aromatic carbocycles. The Balaban J connectivity index is 1.88. The highest BCUT2D eigenvalue weighted by Gasteiger charge is 2.21. The van der Waals surface area contributed by atoms with Gasteiger partial charge in [-0.05, 0) is 12.8 Å². The van der Waals surface area contributed by atoms with Crippen molar-refractivity contribution in [2.75, 3.05) is 18.5 Å². The molecule has 1 fully saturated rings. The largest absolute Gasteiger partial charge is 0.381 e. The van der Waals surface area contributed by atoms with Gasteiger partial charge in [-0.15, -0.1) is 5.10 Å². The first-order chi connectivity index (χ1) is 6.86. The number of hydrogen-bond acceptors (Lipinski definition) is 5. The van der Waals surface area contributed by atoms with Crippen LogP contribution in [0.15, 0.2) is 6.20 Å². The van der Waals surface area contributed by atoms with E-state index in [9.17, 15) is 4.79 Å². The quantitative estimate of drug-likeness (QED) is 0.792. The molecule has 1 saturated heterocycles. The second-order valence-corrected chi connectivity index (χ2v) is 3.97. The fourth-order valence-corrected chi connectivity index (χ4v) is 1.82. The Kier molecular flexibility index (Phi) is 3.05. The van der Waals surface area contributed by atoms with Crippen LogP contribution in [0.3, 0.4) is 0 Å². The zero-order chi connectivity index (χ0) is 9.80. The predicted molar refractivity (Wildman–Crippen MR) is 52.1 cm³/mol. The topological polar surface area (TPSA) is 64.1 Å². The van der Waals surface area contributed by atoms with Crippen LogP contribution in [0.1, 0.15) is 12.8 Å². The van der Waals surface area contributed by atoms with Crippen molar-refractivity contribution in [1.82, 2.24) is 9.59 Å². The van der Waals surface area contributed by atoms with Crippen LogP contribution in [-0.2, 0) is 9.53 Å². The normalized spacial score (nSPS) is 21.9. The third-order valence-electron chi connectivity index (χ3n) is 2.14. The lowest BCUT2D eigenvalue weighted by Gasteiger charge is -2.20. The van der Waals surface area contributed by atoms with Crippen molar-refractivity contribution < 1.29 is 9.53 Å². The van der Waals surface area contributed by atoms with E-state index in [1.165, 1.54) is 11.5 Å². The summed E-state index contributed by atoms with van der Waals surface area (Å²) in [4.78, 5) is 11.6. The van der Waals surface area contributed by atoms with E-state index >= 15 is 0 Å². The number of carbonyl (C=O) groups excluding carboxylic acids is 1. The Hall–Kier alpha value is -1.01. The molecule has 0 aliphatic carbocycles. The molecule has 1 aliphatic rings. The number of hydrogen-bond donors (Lipinski definition) is 1. The molecule has 1 aromatic heterocycles. The summed E-state index contributed by atoms with van der Waals surface area (Å²) in [5.41, 5.74) is 0. The minimum absolute atomic E-state index is 0.00995. The summed E-state index contributed by atoms with van der Waals surface area (Å²) in [7, 11) is 0. The van der Waals surface area contributed by atoms with E-state index in [0.29, 0.717) is 11.6 Å². The molecule has 76 valence electrons. The molecule has 6 heteroatoms. The van der Waals surface area contributed by atoms with E-state index in [4.69, 9.17) is 4.74 Å². The predicted octanol–water partition coefficient (Wildman–Crippen LogP) is 0.903. The molecule has 0 spiro atoms. The molecular weight excluding hydrogens is 202 g/mol. The highest BCUT2D eigenvalue weighted by atomic mass is 32.1. The second-order valence-electron chi connectivity index (χ2n) is 3.19. The molecule has 5 nitrogen and oxygen atoms in total. The van der Waals surface area contributed by atoms with Crippen LogP contribution in [0, 0.1) is 5.92 Å². The molecule has 0 bridgehead atoms. The van der Waals surface area contributed by atoms with Crippen LogP contribution < -0.4 is 5.32 Å². The van der Waals surface area contributed by atoms with E-state index in [-0.39, 0.29) is 11.8 Å². The number of rotatable bonds is 2. The van der Waals surface area contributed by atoms with Crippen molar-refractivity contribution in [3.63, 3.8) is 0 Å². The lowest BCUT2D eigenvalue weighted by Crippen LogP contribution is -2.29. The van der Waals surface area contributed by atoms with Crippen LogP contribution in [-0.4, -0.2) is 28.7 Å². The molecule has 2 heterocycles. The minimum Gasteiger partial charge on any atom is -0.381 e. The van der Waals surface area contributed by atoms with Gasteiger partial charge in [-0.2, -0.15) is 0 Å². The van der Waals surface area contributed by atoms with Crippen LogP contribution in [0.4, 0.5) is 5.00 Å². The number of carbonyl (C=O) groups is 1. The van der Waals surface area contributed by atoms with Crippen molar-refractivity contribution in [3.05, 3.63) is 6.20 Å². The van der Waals surface area contributed by atoms with Gasteiger partial charge in [0.1, 0.15) is 5.00 Å². The van der Waals surface area contributed by atoms with E-state index < -0.39 is 0 Å². The van der Waals surface area contributed by atoms with Gasteiger partial charge in [-0.25, -0.2) is 0 Å². The lowest BCUT2D eigenvalue weighted by atomic mass is 10.0. The summed E-state index contributed by atoms with van der Waals surface area (Å²) in [5.74, 6) is -0.0124. The Morgan fingerprint density at radius 3 is 3.29 bits per heavy atom. The Morgan fingerprint density at radius 1 is 1.71 bits per heavy atom. The van der Waals surface area contributed by atoms with Gasteiger partial charge in [0.15, 0.2) is 0 Å². The maximum absolute atomic E-state index is 11.6. The van der Waals surface area contributed by atoms with Crippen LogP contribution in [0.2, 0.25) is 0 Å². The summed E-state index contributed by atoms with van der Waals surface area (Å²) in [6.45, 7) is 1.30. The van der Waals surface area contributed by atoms with E-state index in [0.717, 1.165) is 19.4 Å². The summed E-state index contributed by atoms with van der Waals surface area (Å²) < 4.78 is 8.90. The highest BCUT2D eigenvalue weighted by molar-refractivity contribution is 7.10. The van der Waals surface area contributed by atoms with Crippen molar-refractivity contribution in [2.45, 2.75) is 12.8 Å². The fourth-order valence-electron chi connectivity index (χ4n) is 1.39. The average Bonchev–Trinajstić information content (AvgIpc) is 2.72. The molecule has 0 radical (unpaired) electrons. The van der Waals surface area contributed by atoms with Crippen LogP contribution in [0.25, 0.3) is 0 Å². The molecule has 1 unspecified atom stereocenters. The van der Waals surface area contributed by atoms with E-state index in [2.05, 4.69) is 14.9 Å². The smallest absolute Gasteiger partial charge is 0.230 e. The number of ether oxygens (including phenoxy) is 1. The third-order valence-corrected chi connectivity index (χ3v) is 2.72. The third kappa shape index (κ3) is 2.27. The number of anilines is 1. The summed E-state index contributed by atoms with van der Waals surface area (Å²) in [6, 6.07) is 0. The van der Waals surface area contributed by atoms with Crippen molar-refractivity contribution in [1.29, 1.82) is 0 Å². The van der Waals surface area contributed by atoms with Gasteiger partial charge in [-0.3, -0.25) is 4.79 Å². The van der Waals surface area contributed by atoms with Gasteiger partial charge >= 0.3 is 0 Å². The van der Waals surface area contributed by atoms with E-state index in [1.807, 2.05) is 0 Å². The maximum atomic E-state index is 11.6. The Morgan fingerprint density at radius 2 is 2.64 bits per heavy atom. The molecule has 1 aliphatic heterocycles. The fraction of sp³-hybridized carbons (Fsp3) is 0.625. The summed E-state index contributed by atoms with van der Waals surface area (Å²) in [6.07, 6.45) is 3.41. The number of amides is 1. The summed E-state index contributed by atoms with van der Waals surface area (Å²) >= 11 is 1.18. The average molecular weight is 213 g/mol. The maximum Gasteiger partial charge on any atom is 0.230 e. The summed E-state index contributed by atoms with van der Waals surface area (Å²) in [5, 5.41) is 7.10. The first-order valence-corrected chi connectivity index (χ1v) is 5.29. The molecule has 1 amide bonds.